The SMILES string of the molecule is C#CCCCNC(=O)OCCCCCCCCCCP(=O)(F)OCC. The summed E-state index contributed by atoms with van der Waals surface area (Å²) in [5.74, 6) is 2.51. The van der Waals surface area contributed by atoms with E-state index >= 15 is 0 Å². The molecule has 7 heteroatoms. The van der Waals surface area contributed by atoms with Crippen molar-refractivity contribution in [1.29, 1.82) is 0 Å². The number of amides is 1. The van der Waals surface area contributed by atoms with Crippen LogP contribution in [-0.2, 0) is 13.8 Å². The predicted octanol–water partition coefficient (Wildman–Crippen LogP) is 5.45. The first-order valence-electron chi connectivity index (χ1n) is 9.29. The van der Waals surface area contributed by atoms with Gasteiger partial charge in [-0.3, -0.25) is 4.57 Å². The van der Waals surface area contributed by atoms with Crippen LogP contribution in [0, 0.1) is 12.3 Å². The summed E-state index contributed by atoms with van der Waals surface area (Å²) in [6.07, 6.45) is 13.9. The number of carbonyl (C=O) groups excluding carboxylic acids is 1. The molecule has 0 bridgehead atoms. The minimum Gasteiger partial charge on any atom is -0.450 e. The molecular weight excluding hydrogens is 344 g/mol. The van der Waals surface area contributed by atoms with E-state index in [-0.39, 0.29) is 18.9 Å². The van der Waals surface area contributed by atoms with Crippen molar-refractivity contribution in [2.24, 2.45) is 0 Å². The van der Waals surface area contributed by atoms with E-state index in [1.165, 1.54) is 0 Å². The summed E-state index contributed by atoms with van der Waals surface area (Å²) in [5, 5.41) is 2.65. The van der Waals surface area contributed by atoms with Gasteiger partial charge in [0.1, 0.15) is 0 Å². The quantitative estimate of drug-likeness (QED) is 0.221. The van der Waals surface area contributed by atoms with E-state index in [1.54, 1.807) is 6.92 Å². The zero-order chi connectivity index (χ0) is 18.8. The molecule has 1 unspecified atom stereocenters. The highest BCUT2D eigenvalue weighted by molar-refractivity contribution is 7.53. The van der Waals surface area contributed by atoms with E-state index in [9.17, 15) is 13.6 Å². The molecule has 0 aliphatic heterocycles. The van der Waals surface area contributed by atoms with Crippen LogP contribution in [0.25, 0.3) is 0 Å². The van der Waals surface area contributed by atoms with Gasteiger partial charge in [-0.25, -0.2) is 4.79 Å². The minimum atomic E-state index is -3.84. The maximum absolute atomic E-state index is 13.3. The highest BCUT2D eigenvalue weighted by Gasteiger charge is 2.19. The van der Waals surface area contributed by atoms with Crippen LogP contribution in [0.2, 0.25) is 0 Å². The summed E-state index contributed by atoms with van der Waals surface area (Å²) in [5.41, 5.74) is 0. The lowest BCUT2D eigenvalue weighted by Gasteiger charge is -2.08. The molecule has 0 aromatic carbocycles. The smallest absolute Gasteiger partial charge is 0.407 e. The number of nitrogens with one attached hydrogen (secondary N) is 1. The van der Waals surface area contributed by atoms with Crippen molar-refractivity contribution in [3.8, 4) is 12.3 Å². The number of hydrogen-bond acceptors (Lipinski definition) is 4. The Kier molecular flexibility index (Phi) is 15.7. The van der Waals surface area contributed by atoms with Gasteiger partial charge in [0.05, 0.1) is 19.4 Å². The molecule has 1 N–H and O–H groups in total. The molecular formula is C18H33FNO4P. The van der Waals surface area contributed by atoms with Crippen LogP contribution in [0.5, 0.6) is 0 Å². The van der Waals surface area contributed by atoms with E-state index in [0.29, 0.717) is 26.0 Å². The van der Waals surface area contributed by atoms with Crippen molar-refractivity contribution in [3.05, 3.63) is 0 Å². The summed E-state index contributed by atoms with van der Waals surface area (Å²) in [6.45, 7) is 2.78. The first-order chi connectivity index (χ1) is 12.0. The number of unbranched alkanes of at least 4 members (excludes halogenated alkanes) is 8. The third kappa shape index (κ3) is 17.6. The average molecular weight is 377 g/mol. The third-order valence-corrected chi connectivity index (χ3v) is 5.14. The third-order valence-electron chi connectivity index (χ3n) is 3.64. The maximum atomic E-state index is 13.3. The van der Waals surface area contributed by atoms with Crippen molar-refractivity contribution in [2.45, 2.75) is 71.1 Å². The fourth-order valence-electron chi connectivity index (χ4n) is 2.32. The number of alkyl carbamates (subject to hydrolysis) is 1. The van der Waals surface area contributed by atoms with Gasteiger partial charge in [-0.05, 0) is 26.2 Å². The van der Waals surface area contributed by atoms with Crippen LogP contribution >= 0.6 is 7.68 Å². The molecule has 0 spiro atoms. The standard InChI is InChI=1S/C18H33FNO4P/c1-3-5-12-15-20-18(21)23-16-13-10-8-6-7-9-11-14-17-25(19,22)24-4-2/h1H,4-17H2,2H3,(H,20,21). The van der Waals surface area contributed by atoms with Crippen molar-refractivity contribution in [1.82, 2.24) is 5.32 Å². The fraction of sp³-hybridized carbons (Fsp3) is 0.833. The first kappa shape index (κ1) is 23.9. The van der Waals surface area contributed by atoms with Crippen LogP contribution < -0.4 is 5.32 Å². The van der Waals surface area contributed by atoms with Gasteiger partial charge in [0.2, 0.25) is 0 Å². The van der Waals surface area contributed by atoms with Crippen molar-refractivity contribution >= 4 is 13.8 Å². The zero-order valence-corrected chi connectivity index (χ0v) is 16.3. The molecule has 5 nitrogen and oxygen atoms in total. The van der Waals surface area contributed by atoms with E-state index < -0.39 is 7.68 Å². The van der Waals surface area contributed by atoms with Crippen LogP contribution in [0.15, 0.2) is 0 Å². The highest BCUT2D eigenvalue weighted by Crippen LogP contribution is 2.49. The van der Waals surface area contributed by atoms with Gasteiger partial charge < -0.3 is 14.6 Å². The summed E-state index contributed by atoms with van der Waals surface area (Å²) in [4.78, 5) is 11.3. The van der Waals surface area contributed by atoms with Crippen molar-refractivity contribution < 1.29 is 22.8 Å². The normalized spacial score (nSPS) is 13.0. The van der Waals surface area contributed by atoms with E-state index in [4.69, 9.17) is 11.2 Å². The number of carbonyl (C=O) groups is 1. The molecule has 0 aliphatic rings. The highest BCUT2D eigenvalue weighted by atomic mass is 31.2. The summed E-state index contributed by atoms with van der Waals surface area (Å²) in [7, 11) is -3.84. The molecule has 0 aromatic rings. The van der Waals surface area contributed by atoms with Crippen LogP contribution in [0.3, 0.4) is 0 Å². The molecule has 25 heavy (non-hydrogen) atoms. The van der Waals surface area contributed by atoms with Gasteiger partial charge in [0, 0.05) is 13.0 Å². The molecule has 0 fully saturated rings. The zero-order valence-electron chi connectivity index (χ0n) is 15.4. The molecule has 1 atom stereocenters. The molecule has 0 aromatic heterocycles. The predicted molar refractivity (Wildman–Crippen MR) is 99.6 cm³/mol. The number of halogens is 1. The lowest BCUT2D eigenvalue weighted by molar-refractivity contribution is 0.144. The summed E-state index contributed by atoms with van der Waals surface area (Å²) in [6, 6.07) is 0. The molecule has 1 amide bonds. The second-order valence-corrected chi connectivity index (χ2v) is 7.82. The lowest BCUT2D eigenvalue weighted by atomic mass is 10.1. The van der Waals surface area contributed by atoms with Crippen LogP contribution in [0.4, 0.5) is 8.99 Å². The first-order valence-corrected chi connectivity index (χ1v) is 11.0. The minimum absolute atomic E-state index is 0.0307. The van der Waals surface area contributed by atoms with E-state index in [1.807, 2.05) is 0 Å². The van der Waals surface area contributed by atoms with E-state index in [2.05, 4.69) is 15.8 Å². The Hall–Kier alpha value is -1.05. The second-order valence-electron chi connectivity index (χ2n) is 5.93. The number of ether oxygens (including phenoxy) is 1. The summed E-state index contributed by atoms with van der Waals surface area (Å²) >= 11 is 0. The van der Waals surface area contributed by atoms with Gasteiger partial charge in [-0.15, -0.1) is 12.3 Å². The van der Waals surface area contributed by atoms with Gasteiger partial charge >= 0.3 is 13.8 Å². The van der Waals surface area contributed by atoms with Crippen molar-refractivity contribution in [2.75, 3.05) is 25.9 Å². The monoisotopic (exact) mass is 377 g/mol. The molecule has 0 saturated carbocycles. The Balaban J connectivity index is 3.27. The Bertz CT molecular complexity index is 426. The maximum Gasteiger partial charge on any atom is 0.407 e. The molecule has 0 heterocycles. The number of hydrogen-bond donors (Lipinski definition) is 1. The topological polar surface area (TPSA) is 64.6 Å². The number of rotatable bonds is 16. The Morgan fingerprint density at radius 3 is 2.28 bits per heavy atom. The van der Waals surface area contributed by atoms with Gasteiger partial charge in [-0.1, -0.05) is 38.5 Å². The number of terminal acetylenes is 1. The molecule has 0 aliphatic carbocycles. The largest absolute Gasteiger partial charge is 0.450 e. The Labute approximate surface area is 152 Å². The molecule has 0 rings (SSSR count). The van der Waals surface area contributed by atoms with Gasteiger partial charge in [-0.2, -0.15) is 4.20 Å². The lowest BCUT2D eigenvalue weighted by Crippen LogP contribution is -2.25. The molecule has 0 saturated heterocycles. The Morgan fingerprint density at radius 1 is 1.08 bits per heavy atom. The average Bonchev–Trinajstić information content (AvgIpc) is 2.56. The summed E-state index contributed by atoms with van der Waals surface area (Å²) < 4.78 is 34.2. The van der Waals surface area contributed by atoms with Gasteiger partial charge in [0.25, 0.3) is 0 Å². The molecule has 0 radical (unpaired) electrons. The van der Waals surface area contributed by atoms with E-state index in [0.717, 1.165) is 51.4 Å². The fourth-order valence-corrected chi connectivity index (χ4v) is 3.43. The van der Waals surface area contributed by atoms with Crippen molar-refractivity contribution in [3.63, 3.8) is 0 Å². The van der Waals surface area contributed by atoms with Gasteiger partial charge in [0.15, 0.2) is 0 Å². The molecule has 146 valence electrons. The Morgan fingerprint density at radius 2 is 1.68 bits per heavy atom. The van der Waals surface area contributed by atoms with Crippen LogP contribution in [-0.4, -0.2) is 32.0 Å². The van der Waals surface area contributed by atoms with Crippen LogP contribution in [0.1, 0.15) is 71.1 Å². The second kappa shape index (κ2) is 16.4.